The highest BCUT2D eigenvalue weighted by atomic mass is 16.7. The van der Waals surface area contributed by atoms with Gasteiger partial charge in [-0.15, -0.1) is 0 Å². The van der Waals surface area contributed by atoms with E-state index < -0.39 is 71.4 Å². The summed E-state index contributed by atoms with van der Waals surface area (Å²) in [5.74, 6) is -3.97. The molecule has 3 atom stereocenters. The van der Waals surface area contributed by atoms with E-state index in [4.69, 9.17) is 23.7 Å². The molecule has 3 amide bonds. The van der Waals surface area contributed by atoms with Crippen LogP contribution in [0.4, 0.5) is 4.79 Å². The van der Waals surface area contributed by atoms with E-state index in [-0.39, 0.29) is 39.4 Å². The Hall–Kier alpha value is -4.98. The standard InChI is InChI=1S/C41H55N3O11/c1-5-52-36(47)32(27-51-25-29-15-8-6-9-16-29)43-37(48)41(20-12-13-21-41)23-31(35(46)54-28-55-38(49)40(2,3)4)24-42-34(45)33-19-14-22-44(33)39(50)53-26-30-17-10-7-11-18-30/h6-11,15-18,31-33H,5,12-14,19-28H2,1-4H3,(H,42,45)(H,43,48)/t31?,32-,33-/m0/s1. The van der Waals surface area contributed by atoms with Crippen LogP contribution in [0.5, 0.6) is 0 Å². The van der Waals surface area contributed by atoms with Gasteiger partial charge in [0.25, 0.3) is 0 Å². The molecule has 1 unspecified atom stereocenters. The molecule has 14 heteroatoms. The maximum atomic E-state index is 14.2. The van der Waals surface area contributed by atoms with Gasteiger partial charge in [0, 0.05) is 13.1 Å². The molecule has 55 heavy (non-hydrogen) atoms. The van der Waals surface area contributed by atoms with E-state index >= 15 is 0 Å². The summed E-state index contributed by atoms with van der Waals surface area (Å²) in [4.78, 5) is 81.2. The van der Waals surface area contributed by atoms with E-state index in [2.05, 4.69) is 10.6 Å². The molecule has 2 aromatic rings. The van der Waals surface area contributed by atoms with E-state index in [0.29, 0.717) is 45.1 Å². The van der Waals surface area contributed by atoms with Crippen LogP contribution in [0.2, 0.25) is 0 Å². The Kier molecular flexibility index (Phi) is 16.0. The number of amides is 3. The fourth-order valence-corrected chi connectivity index (χ4v) is 6.75. The number of ether oxygens (including phenoxy) is 5. The summed E-state index contributed by atoms with van der Waals surface area (Å²) in [6, 6.07) is 16.7. The first-order chi connectivity index (χ1) is 26.3. The Balaban J connectivity index is 1.46. The summed E-state index contributed by atoms with van der Waals surface area (Å²) >= 11 is 0. The first-order valence-electron chi connectivity index (χ1n) is 19.0. The predicted octanol–water partition coefficient (Wildman–Crippen LogP) is 4.83. The maximum Gasteiger partial charge on any atom is 0.410 e. The van der Waals surface area contributed by atoms with Crippen molar-refractivity contribution in [1.82, 2.24) is 15.5 Å². The third-order valence-electron chi connectivity index (χ3n) is 9.81. The van der Waals surface area contributed by atoms with Crippen LogP contribution in [0.1, 0.15) is 83.8 Å². The van der Waals surface area contributed by atoms with Crippen LogP contribution >= 0.6 is 0 Å². The van der Waals surface area contributed by atoms with E-state index in [1.54, 1.807) is 27.7 Å². The second kappa shape index (κ2) is 20.6. The molecule has 0 bridgehead atoms. The quantitative estimate of drug-likeness (QED) is 0.121. The molecule has 1 aliphatic carbocycles. The number of nitrogens with zero attached hydrogens (tertiary/aromatic N) is 1. The third kappa shape index (κ3) is 12.8. The Bertz CT molecular complexity index is 1590. The summed E-state index contributed by atoms with van der Waals surface area (Å²) in [6.07, 6.45) is 2.56. The fourth-order valence-electron chi connectivity index (χ4n) is 6.75. The zero-order chi connectivity index (χ0) is 39.8. The van der Waals surface area contributed by atoms with Gasteiger partial charge in [0.15, 0.2) is 6.04 Å². The van der Waals surface area contributed by atoms with Crippen LogP contribution in [0.25, 0.3) is 0 Å². The van der Waals surface area contributed by atoms with Crippen LogP contribution in [-0.2, 0) is 60.9 Å². The summed E-state index contributed by atoms with van der Waals surface area (Å²) in [7, 11) is 0. The minimum atomic E-state index is -1.11. The number of esters is 3. The third-order valence-corrected chi connectivity index (χ3v) is 9.81. The summed E-state index contributed by atoms with van der Waals surface area (Å²) in [5.41, 5.74) is -0.225. The molecule has 0 radical (unpaired) electrons. The largest absolute Gasteiger partial charge is 0.464 e. The normalized spacial score (nSPS) is 17.4. The fraction of sp³-hybridized carbons (Fsp3) is 0.561. The lowest BCUT2D eigenvalue weighted by molar-refractivity contribution is -0.176. The summed E-state index contributed by atoms with van der Waals surface area (Å²) in [6.45, 7) is 6.36. The van der Waals surface area contributed by atoms with Crippen LogP contribution in [-0.4, -0.2) is 85.9 Å². The molecule has 0 spiro atoms. The van der Waals surface area contributed by atoms with Crippen molar-refractivity contribution in [2.45, 2.75) is 97.9 Å². The van der Waals surface area contributed by atoms with Crippen molar-refractivity contribution in [3.05, 3.63) is 71.8 Å². The Morgan fingerprint density at radius 1 is 0.818 bits per heavy atom. The highest BCUT2D eigenvalue weighted by Gasteiger charge is 2.46. The lowest BCUT2D eigenvalue weighted by atomic mass is 9.76. The lowest BCUT2D eigenvalue weighted by Gasteiger charge is -2.33. The predicted molar refractivity (Wildman–Crippen MR) is 200 cm³/mol. The molecule has 14 nitrogen and oxygen atoms in total. The first kappa shape index (κ1) is 42.8. The SMILES string of the molecule is CCOC(=O)[C@H](COCc1ccccc1)NC(=O)C1(CC(CNC(=O)[C@@H]2CCCN2C(=O)OCc2ccccc2)C(=O)OCOC(=O)C(C)(C)C)CCCC1. The van der Waals surface area contributed by atoms with Crippen molar-refractivity contribution in [2.24, 2.45) is 16.7 Å². The average Bonchev–Trinajstić information content (AvgIpc) is 3.87. The van der Waals surface area contributed by atoms with Gasteiger partial charge < -0.3 is 34.3 Å². The molecule has 2 aliphatic rings. The number of carbonyl (C=O) groups excluding carboxylic acids is 6. The molecule has 2 fully saturated rings. The van der Waals surface area contributed by atoms with Gasteiger partial charge in [-0.3, -0.25) is 24.1 Å². The number of hydrogen-bond acceptors (Lipinski definition) is 11. The summed E-state index contributed by atoms with van der Waals surface area (Å²) < 4.78 is 27.1. The van der Waals surface area contributed by atoms with Crippen LogP contribution in [0.3, 0.4) is 0 Å². The smallest absolute Gasteiger partial charge is 0.410 e. The van der Waals surface area contributed by atoms with E-state index in [0.717, 1.165) is 11.1 Å². The van der Waals surface area contributed by atoms with Gasteiger partial charge in [-0.05, 0) is 70.9 Å². The zero-order valence-corrected chi connectivity index (χ0v) is 32.3. The molecule has 1 aliphatic heterocycles. The van der Waals surface area contributed by atoms with Gasteiger partial charge in [0.2, 0.25) is 18.6 Å². The van der Waals surface area contributed by atoms with E-state index in [9.17, 15) is 28.8 Å². The van der Waals surface area contributed by atoms with Gasteiger partial charge in [-0.25, -0.2) is 9.59 Å². The number of rotatable bonds is 18. The van der Waals surface area contributed by atoms with Gasteiger partial charge in [-0.2, -0.15) is 0 Å². The van der Waals surface area contributed by atoms with Crippen molar-refractivity contribution in [3.63, 3.8) is 0 Å². The Labute approximate surface area is 322 Å². The molecule has 1 saturated heterocycles. The van der Waals surface area contributed by atoms with Crippen molar-refractivity contribution < 1.29 is 52.5 Å². The van der Waals surface area contributed by atoms with Gasteiger partial charge in [0.05, 0.1) is 36.6 Å². The topological polar surface area (TPSA) is 176 Å². The highest BCUT2D eigenvalue weighted by molar-refractivity contribution is 5.89. The Morgan fingerprint density at radius 2 is 1.45 bits per heavy atom. The van der Waals surface area contributed by atoms with Crippen molar-refractivity contribution >= 4 is 35.8 Å². The lowest BCUT2D eigenvalue weighted by Crippen LogP contribution is -2.52. The minimum absolute atomic E-state index is 0.0287. The first-order valence-corrected chi connectivity index (χ1v) is 19.0. The second-order valence-electron chi connectivity index (χ2n) is 15.1. The maximum absolute atomic E-state index is 14.2. The number of hydrogen-bond donors (Lipinski definition) is 2. The van der Waals surface area contributed by atoms with Gasteiger partial charge in [0.1, 0.15) is 12.6 Å². The van der Waals surface area contributed by atoms with Crippen LogP contribution in [0.15, 0.2) is 60.7 Å². The molecule has 0 aromatic heterocycles. The highest BCUT2D eigenvalue weighted by Crippen LogP contribution is 2.44. The minimum Gasteiger partial charge on any atom is -0.464 e. The van der Waals surface area contributed by atoms with Crippen molar-refractivity contribution in [1.29, 1.82) is 0 Å². The van der Waals surface area contributed by atoms with Crippen molar-refractivity contribution in [3.8, 4) is 0 Å². The monoisotopic (exact) mass is 765 g/mol. The average molecular weight is 766 g/mol. The zero-order valence-electron chi connectivity index (χ0n) is 32.3. The van der Waals surface area contributed by atoms with Gasteiger partial charge in [-0.1, -0.05) is 73.5 Å². The number of nitrogens with one attached hydrogen (secondary N) is 2. The van der Waals surface area contributed by atoms with Crippen molar-refractivity contribution in [2.75, 3.05) is 33.1 Å². The molecule has 1 heterocycles. The molecular weight excluding hydrogens is 710 g/mol. The number of likely N-dealkylation sites (tertiary alicyclic amines) is 1. The second-order valence-corrected chi connectivity index (χ2v) is 15.1. The number of carbonyl (C=O) groups is 6. The molecule has 300 valence electrons. The molecule has 2 aromatic carbocycles. The van der Waals surface area contributed by atoms with E-state index in [1.165, 1.54) is 4.90 Å². The molecular formula is C41H55N3O11. The molecule has 4 rings (SSSR count). The summed E-state index contributed by atoms with van der Waals surface area (Å²) in [5, 5.41) is 5.65. The Morgan fingerprint density at radius 3 is 2.07 bits per heavy atom. The van der Waals surface area contributed by atoms with Gasteiger partial charge >= 0.3 is 24.0 Å². The molecule has 2 N–H and O–H groups in total. The molecule has 1 saturated carbocycles. The van der Waals surface area contributed by atoms with Crippen LogP contribution < -0.4 is 10.6 Å². The van der Waals surface area contributed by atoms with E-state index in [1.807, 2.05) is 60.7 Å². The number of benzene rings is 2. The van der Waals surface area contributed by atoms with Crippen LogP contribution in [0, 0.1) is 16.7 Å².